The molecular formula is C25H23BrN6O2. The second-order valence-corrected chi connectivity index (χ2v) is 8.91. The van der Waals surface area contributed by atoms with Crippen molar-refractivity contribution in [1.29, 1.82) is 0 Å². The average molecular weight is 519 g/mol. The molecule has 8 nitrogen and oxygen atoms in total. The highest BCUT2D eigenvalue weighted by Crippen LogP contribution is 2.29. The molecule has 0 aliphatic heterocycles. The van der Waals surface area contributed by atoms with Crippen LogP contribution in [0.2, 0.25) is 0 Å². The van der Waals surface area contributed by atoms with E-state index < -0.39 is 0 Å². The number of rotatable bonds is 7. The van der Waals surface area contributed by atoms with Gasteiger partial charge in [-0.25, -0.2) is 9.97 Å². The number of hydrogen-bond acceptors (Lipinski definition) is 5. The van der Waals surface area contributed by atoms with Gasteiger partial charge in [0.25, 0.3) is 5.56 Å². The van der Waals surface area contributed by atoms with Crippen molar-refractivity contribution in [3.05, 3.63) is 93.8 Å². The van der Waals surface area contributed by atoms with Crippen LogP contribution in [-0.2, 0) is 13.5 Å². The van der Waals surface area contributed by atoms with Crippen LogP contribution in [-0.4, -0.2) is 41.8 Å². The quantitative estimate of drug-likeness (QED) is 0.303. The van der Waals surface area contributed by atoms with Crippen LogP contribution in [0, 0.1) is 0 Å². The number of pyridine rings is 1. The Balaban J connectivity index is 1.54. The van der Waals surface area contributed by atoms with Crippen LogP contribution >= 0.6 is 15.9 Å². The number of anilines is 1. The maximum absolute atomic E-state index is 13.0. The van der Waals surface area contributed by atoms with Crippen molar-refractivity contribution in [2.24, 2.45) is 7.05 Å². The van der Waals surface area contributed by atoms with Gasteiger partial charge in [0, 0.05) is 35.8 Å². The second-order valence-electron chi connectivity index (χ2n) is 8.05. The van der Waals surface area contributed by atoms with E-state index in [1.807, 2.05) is 64.8 Å². The van der Waals surface area contributed by atoms with E-state index in [9.17, 15) is 9.90 Å². The average Bonchev–Trinajstić information content (AvgIpc) is 3.49. The van der Waals surface area contributed by atoms with Crippen LogP contribution in [0.1, 0.15) is 5.56 Å². The van der Waals surface area contributed by atoms with Crippen LogP contribution in [0.25, 0.3) is 28.1 Å². The van der Waals surface area contributed by atoms with Gasteiger partial charge in [0.1, 0.15) is 11.4 Å². The Kier molecular flexibility index (Phi) is 6.04. The van der Waals surface area contributed by atoms with Gasteiger partial charge in [0.05, 0.1) is 35.7 Å². The van der Waals surface area contributed by atoms with Crippen molar-refractivity contribution in [1.82, 2.24) is 24.1 Å². The first-order valence-corrected chi connectivity index (χ1v) is 11.6. The van der Waals surface area contributed by atoms with Crippen molar-refractivity contribution in [3.63, 3.8) is 0 Å². The van der Waals surface area contributed by atoms with Gasteiger partial charge in [-0.05, 0) is 42.3 Å². The van der Waals surface area contributed by atoms with Gasteiger partial charge in [-0.3, -0.25) is 4.79 Å². The summed E-state index contributed by atoms with van der Waals surface area (Å²) in [5, 5.41) is 13.4. The molecule has 5 rings (SSSR count). The molecule has 0 aliphatic carbocycles. The number of H-pyrrole nitrogens is 1. The fourth-order valence-electron chi connectivity index (χ4n) is 4.11. The molecule has 0 bridgehead atoms. The Bertz CT molecular complexity index is 1510. The maximum atomic E-state index is 13.0. The van der Waals surface area contributed by atoms with Crippen LogP contribution in [0.3, 0.4) is 0 Å². The first kappa shape index (κ1) is 22.1. The molecule has 0 unspecified atom stereocenters. The Morgan fingerprint density at radius 2 is 2.06 bits per heavy atom. The third kappa shape index (κ3) is 4.15. The van der Waals surface area contributed by atoms with E-state index >= 15 is 0 Å². The number of imidazole rings is 2. The minimum Gasteiger partial charge on any atom is -0.394 e. The van der Waals surface area contributed by atoms with Gasteiger partial charge >= 0.3 is 0 Å². The van der Waals surface area contributed by atoms with Gasteiger partial charge in [-0.15, -0.1) is 0 Å². The van der Waals surface area contributed by atoms with Gasteiger partial charge in [-0.1, -0.05) is 34.1 Å². The SMILES string of the molecule is Cn1c(-c2c(N[C@H](CO)Cc3ccccc3Br)cc[nH]c2=O)nc2ccc(-n3ccnc3)cc21. The third-order valence-corrected chi connectivity index (χ3v) is 6.63. The summed E-state index contributed by atoms with van der Waals surface area (Å²) >= 11 is 3.57. The van der Waals surface area contributed by atoms with Crippen LogP contribution < -0.4 is 10.9 Å². The zero-order chi connectivity index (χ0) is 23.7. The number of aromatic amines is 1. The summed E-state index contributed by atoms with van der Waals surface area (Å²) in [4.78, 5) is 24.6. The third-order valence-electron chi connectivity index (χ3n) is 5.86. The molecule has 1 atom stereocenters. The number of aliphatic hydroxyl groups excluding tert-OH is 1. The molecule has 5 aromatic rings. The maximum Gasteiger partial charge on any atom is 0.261 e. The fourth-order valence-corrected chi connectivity index (χ4v) is 4.55. The summed E-state index contributed by atoms with van der Waals surface area (Å²) in [6, 6.07) is 15.3. The first-order chi connectivity index (χ1) is 16.5. The molecule has 0 saturated carbocycles. The minimum atomic E-state index is -0.290. The van der Waals surface area contributed by atoms with E-state index in [0.29, 0.717) is 23.5 Å². The van der Waals surface area contributed by atoms with Crippen LogP contribution in [0.4, 0.5) is 5.69 Å². The molecule has 3 heterocycles. The van der Waals surface area contributed by atoms with E-state index in [1.165, 1.54) is 0 Å². The highest BCUT2D eigenvalue weighted by Gasteiger charge is 2.20. The van der Waals surface area contributed by atoms with E-state index in [-0.39, 0.29) is 18.2 Å². The smallest absolute Gasteiger partial charge is 0.261 e. The molecule has 0 spiro atoms. The van der Waals surface area contributed by atoms with E-state index in [4.69, 9.17) is 4.98 Å². The topological polar surface area (TPSA) is 101 Å². The number of aromatic nitrogens is 5. The largest absolute Gasteiger partial charge is 0.394 e. The molecule has 3 aromatic heterocycles. The number of hydrogen-bond donors (Lipinski definition) is 3. The molecule has 34 heavy (non-hydrogen) atoms. The highest BCUT2D eigenvalue weighted by molar-refractivity contribution is 9.10. The van der Waals surface area contributed by atoms with Gasteiger partial charge < -0.3 is 24.5 Å². The lowest BCUT2D eigenvalue weighted by Crippen LogP contribution is -2.28. The molecular weight excluding hydrogens is 496 g/mol. The van der Waals surface area contributed by atoms with Gasteiger partial charge in [0.15, 0.2) is 0 Å². The number of aliphatic hydroxyl groups is 1. The van der Waals surface area contributed by atoms with Crippen molar-refractivity contribution < 1.29 is 5.11 Å². The lowest BCUT2D eigenvalue weighted by atomic mass is 10.1. The monoisotopic (exact) mass is 518 g/mol. The minimum absolute atomic E-state index is 0.0929. The number of halogens is 1. The molecule has 0 saturated heterocycles. The summed E-state index contributed by atoms with van der Waals surface area (Å²) in [6.07, 6.45) is 7.53. The van der Waals surface area contributed by atoms with Crippen molar-refractivity contribution in [2.45, 2.75) is 12.5 Å². The fraction of sp³-hybridized carbons (Fsp3) is 0.160. The molecule has 0 amide bonds. The van der Waals surface area contributed by atoms with Crippen molar-refractivity contribution >= 4 is 32.7 Å². The zero-order valence-corrected chi connectivity index (χ0v) is 20.0. The van der Waals surface area contributed by atoms with E-state index in [1.54, 1.807) is 24.8 Å². The summed E-state index contributed by atoms with van der Waals surface area (Å²) in [7, 11) is 1.89. The highest BCUT2D eigenvalue weighted by atomic mass is 79.9. The first-order valence-electron chi connectivity index (χ1n) is 10.8. The molecule has 3 N–H and O–H groups in total. The van der Waals surface area contributed by atoms with E-state index in [2.05, 4.69) is 31.2 Å². The summed E-state index contributed by atoms with van der Waals surface area (Å²) < 4.78 is 4.81. The number of nitrogens with one attached hydrogen (secondary N) is 2. The van der Waals surface area contributed by atoms with Crippen molar-refractivity contribution in [2.75, 3.05) is 11.9 Å². The number of nitrogens with zero attached hydrogens (tertiary/aromatic N) is 4. The lowest BCUT2D eigenvalue weighted by Gasteiger charge is -2.20. The standard InChI is InChI=1S/C25H23BrN6O2/c1-31-22-13-18(32-11-10-27-15-32)6-7-20(22)30-24(31)23-21(8-9-28-25(23)34)29-17(14-33)12-16-4-2-3-5-19(16)26/h2-11,13,15,17,33H,12,14H2,1H3,(H2,28,29,34)/t17-/m0/s1. The normalized spacial score (nSPS) is 12.2. The van der Waals surface area contributed by atoms with Crippen LogP contribution in [0.5, 0.6) is 0 Å². The zero-order valence-electron chi connectivity index (χ0n) is 18.4. The molecule has 9 heteroatoms. The Labute approximate surface area is 204 Å². The molecule has 2 aromatic carbocycles. The predicted molar refractivity (Wildman–Crippen MR) is 136 cm³/mol. The number of fused-ring (bicyclic) bond motifs is 1. The second kappa shape index (κ2) is 9.28. The van der Waals surface area contributed by atoms with Crippen LogP contribution in [0.15, 0.2) is 82.7 Å². The summed E-state index contributed by atoms with van der Waals surface area (Å²) in [5.74, 6) is 0.541. The van der Waals surface area contributed by atoms with Gasteiger partial charge in [-0.2, -0.15) is 0 Å². The predicted octanol–water partition coefficient (Wildman–Crippen LogP) is 3.89. The Morgan fingerprint density at radius 1 is 1.21 bits per heavy atom. The molecule has 172 valence electrons. The van der Waals surface area contributed by atoms with Gasteiger partial charge in [0.2, 0.25) is 0 Å². The van der Waals surface area contributed by atoms with Crippen molar-refractivity contribution in [3.8, 4) is 17.1 Å². The van der Waals surface area contributed by atoms with E-state index in [0.717, 1.165) is 26.8 Å². The molecule has 0 radical (unpaired) electrons. The Morgan fingerprint density at radius 3 is 2.82 bits per heavy atom. The molecule has 0 aliphatic rings. The summed E-state index contributed by atoms with van der Waals surface area (Å²) in [5.41, 5.74) is 4.48. The lowest BCUT2D eigenvalue weighted by molar-refractivity contribution is 0.273. The Hall–Kier alpha value is -3.69. The number of benzene rings is 2. The molecule has 0 fully saturated rings. The number of aryl methyl sites for hydroxylation is 1. The summed E-state index contributed by atoms with van der Waals surface area (Å²) in [6.45, 7) is -0.0929.